The molecule has 1 fully saturated rings. The molecule has 0 spiro atoms. The molecule has 1 aromatic rings. The number of hydrogen-bond acceptors (Lipinski definition) is 3. The van der Waals surface area contributed by atoms with E-state index in [1.165, 1.54) is 37.0 Å². The number of nitrogens with one attached hydrogen (secondary N) is 1. The Morgan fingerprint density at radius 3 is 3.00 bits per heavy atom. The topological polar surface area (TPSA) is 29.9 Å². The SMILES string of the molecule is CCSC1CCCCC1NCc1cnn(C)c1. The summed E-state index contributed by atoms with van der Waals surface area (Å²) in [4.78, 5) is 0. The molecule has 0 saturated heterocycles. The summed E-state index contributed by atoms with van der Waals surface area (Å²) in [7, 11) is 1.97. The minimum Gasteiger partial charge on any atom is -0.309 e. The Morgan fingerprint density at radius 1 is 1.47 bits per heavy atom. The minimum atomic E-state index is 0.689. The lowest BCUT2D eigenvalue weighted by molar-refractivity contribution is 0.383. The van der Waals surface area contributed by atoms with E-state index in [-0.39, 0.29) is 0 Å². The first kappa shape index (κ1) is 13.0. The van der Waals surface area contributed by atoms with Crippen LogP contribution in [-0.2, 0) is 13.6 Å². The lowest BCUT2D eigenvalue weighted by Crippen LogP contribution is -2.40. The highest BCUT2D eigenvalue weighted by atomic mass is 32.2. The lowest BCUT2D eigenvalue weighted by Gasteiger charge is -2.31. The monoisotopic (exact) mass is 253 g/mol. The fourth-order valence-corrected chi connectivity index (χ4v) is 3.78. The fraction of sp³-hybridized carbons (Fsp3) is 0.769. The molecule has 1 aliphatic rings. The van der Waals surface area contributed by atoms with Crippen molar-refractivity contribution < 1.29 is 0 Å². The van der Waals surface area contributed by atoms with E-state index in [1.807, 2.05) is 17.9 Å². The summed E-state index contributed by atoms with van der Waals surface area (Å²) in [6, 6.07) is 0.689. The summed E-state index contributed by atoms with van der Waals surface area (Å²) < 4.78 is 1.87. The van der Waals surface area contributed by atoms with Gasteiger partial charge in [-0.2, -0.15) is 16.9 Å². The first-order valence-corrected chi connectivity index (χ1v) is 7.67. The summed E-state index contributed by atoms with van der Waals surface area (Å²) in [6.45, 7) is 3.22. The van der Waals surface area contributed by atoms with Crippen LogP contribution in [0.4, 0.5) is 0 Å². The molecule has 2 rings (SSSR count). The zero-order valence-corrected chi connectivity index (χ0v) is 11.7. The third kappa shape index (κ3) is 3.75. The van der Waals surface area contributed by atoms with Gasteiger partial charge in [-0.1, -0.05) is 19.8 Å². The van der Waals surface area contributed by atoms with E-state index in [1.54, 1.807) is 0 Å². The van der Waals surface area contributed by atoms with Gasteiger partial charge in [0, 0.05) is 36.6 Å². The Kier molecular flexibility index (Phi) is 4.92. The Bertz CT molecular complexity index is 335. The molecule has 0 aliphatic heterocycles. The van der Waals surface area contributed by atoms with Gasteiger partial charge in [0.1, 0.15) is 0 Å². The highest BCUT2D eigenvalue weighted by Crippen LogP contribution is 2.28. The van der Waals surface area contributed by atoms with Gasteiger partial charge in [-0.15, -0.1) is 0 Å². The van der Waals surface area contributed by atoms with Crippen LogP contribution in [0.2, 0.25) is 0 Å². The van der Waals surface area contributed by atoms with Crippen molar-refractivity contribution in [1.82, 2.24) is 15.1 Å². The summed E-state index contributed by atoms with van der Waals surface area (Å²) >= 11 is 2.12. The second-order valence-corrected chi connectivity index (χ2v) is 6.30. The molecule has 3 nitrogen and oxygen atoms in total. The quantitative estimate of drug-likeness (QED) is 0.874. The molecule has 1 aliphatic carbocycles. The number of rotatable bonds is 5. The Morgan fingerprint density at radius 2 is 2.29 bits per heavy atom. The van der Waals surface area contributed by atoms with Crippen molar-refractivity contribution in [3.63, 3.8) is 0 Å². The molecule has 0 aromatic carbocycles. The highest BCUT2D eigenvalue weighted by Gasteiger charge is 2.24. The van der Waals surface area contributed by atoms with Gasteiger partial charge in [0.2, 0.25) is 0 Å². The van der Waals surface area contributed by atoms with E-state index < -0.39 is 0 Å². The van der Waals surface area contributed by atoms with Crippen LogP contribution in [0.5, 0.6) is 0 Å². The van der Waals surface area contributed by atoms with Crippen LogP contribution >= 0.6 is 11.8 Å². The van der Waals surface area contributed by atoms with Gasteiger partial charge in [-0.25, -0.2) is 0 Å². The first-order valence-electron chi connectivity index (χ1n) is 6.62. The average molecular weight is 253 g/mol. The number of nitrogens with zero attached hydrogens (tertiary/aromatic N) is 2. The normalized spacial score (nSPS) is 25.1. The van der Waals surface area contributed by atoms with Crippen molar-refractivity contribution in [3.05, 3.63) is 18.0 Å². The summed E-state index contributed by atoms with van der Waals surface area (Å²) in [6.07, 6.45) is 9.55. The molecule has 1 saturated carbocycles. The zero-order valence-electron chi connectivity index (χ0n) is 10.9. The van der Waals surface area contributed by atoms with E-state index in [2.05, 4.69) is 35.3 Å². The smallest absolute Gasteiger partial charge is 0.0534 e. The standard InChI is InChI=1S/C13H23N3S/c1-3-17-13-7-5-4-6-12(13)14-8-11-9-15-16(2)10-11/h9-10,12-14H,3-8H2,1-2H3. The second-order valence-electron chi connectivity index (χ2n) is 4.79. The van der Waals surface area contributed by atoms with Gasteiger partial charge in [-0.05, 0) is 18.6 Å². The second kappa shape index (κ2) is 6.45. The summed E-state index contributed by atoms with van der Waals surface area (Å²) in [5.74, 6) is 1.23. The van der Waals surface area contributed by atoms with Crippen molar-refractivity contribution >= 4 is 11.8 Å². The lowest BCUT2D eigenvalue weighted by atomic mass is 9.95. The molecular weight excluding hydrogens is 230 g/mol. The van der Waals surface area contributed by atoms with Crippen LogP contribution in [0.1, 0.15) is 38.2 Å². The largest absolute Gasteiger partial charge is 0.309 e. The Balaban J connectivity index is 1.83. The van der Waals surface area contributed by atoms with Gasteiger partial charge in [0.15, 0.2) is 0 Å². The molecule has 2 unspecified atom stereocenters. The van der Waals surface area contributed by atoms with E-state index in [0.29, 0.717) is 6.04 Å². The van der Waals surface area contributed by atoms with Crippen LogP contribution in [0.3, 0.4) is 0 Å². The molecule has 96 valence electrons. The van der Waals surface area contributed by atoms with Gasteiger partial charge in [-0.3, -0.25) is 4.68 Å². The van der Waals surface area contributed by atoms with E-state index >= 15 is 0 Å². The van der Waals surface area contributed by atoms with E-state index in [0.717, 1.165) is 11.8 Å². The molecule has 0 bridgehead atoms. The van der Waals surface area contributed by atoms with Crippen LogP contribution in [0.15, 0.2) is 12.4 Å². The predicted molar refractivity (Wildman–Crippen MR) is 74.2 cm³/mol. The zero-order chi connectivity index (χ0) is 12.1. The minimum absolute atomic E-state index is 0.689. The molecule has 1 aromatic heterocycles. The summed E-state index contributed by atoms with van der Waals surface area (Å²) in [5.41, 5.74) is 1.29. The maximum Gasteiger partial charge on any atom is 0.0534 e. The molecular formula is C13H23N3S. The van der Waals surface area contributed by atoms with Crippen molar-refractivity contribution in [2.45, 2.75) is 50.4 Å². The molecule has 2 atom stereocenters. The molecule has 4 heteroatoms. The predicted octanol–water partition coefficient (Wildman–Crippen LogP) is 2.57. The van der Waals surface area contributed by atoms with Crippen molar-refractivity contribution in [3.8, 4) is 0 Å². The third-order valence-electron chi connectivity index (χ3n) is 3.41. The highest BCUT2D eigenvalue weighted by molar-refractivity contribution is 7.99. The maximum atomic E-state index is 4.21. The fourth-order valence-electron chi connectivity index (χ4n) is 2.56. The Labute approximate surface area is 108 Å². The first-order chi connectivity index (χ1) is 8.29. The van der Waals surface area contributed by atoms with E-state index in [4.69, 9.17) is 0 Å². The molecule has 1 N–H and O–H groups in total. The number of aryl methyl sites for hydroxylation is 1. The summed E-state index contributed by atoms with van der Waals surface area (Å²) in [5, 5.41) is 8.73. The number of thioether (sulfide) groups is 1. The van der Waals surface area contributed by atoms with Crippen molar-refractivity contribution in [1.29, 1.82) is 0 Å². The van der Waals surface area contributed by atoms with Crippen LogP contribution < -0.4 is 5.32 Å². The van der Waals surface area contributed by atoms with Crippen molar-refractivity contribution in [2.24, 2.45) is 7.05 Å². The van der Waals surface area contributed by atoms with Crippen LogP contribution in [0, 0.1) is 0 Å². The Hall–Kier alpha value is -0.480. The molecule has 0 amide bonds. The van der Waals surface area contributed by atoms with Gasteiger partial charge < -0.3 is 5.32 Å². The molecule has 0 radical (unpaired) electrons. The van der Waals surface area contributed by atoms with Gasteiger partial charge in [0.25, 0.3) is 0 Å². The van der Waals surface area contributed by atoms with Crippen LogP contribution in [-0.4, -0.2) is 26.8 Å². The number of hydrogen-bond donors (Lipinski definition) is 1. The molecule has 17 heavy (non-hydrogen) atoms. The van der Waals surface area contributed by atoms with E-state index in [9.17, 15) is 0 Å². The van der Waals surface area contributed by atoms with Gasteiger partial charge in [0.05, 0.1) is 6.20 Å². The number of aromatic nitrogens is 2. The maximum absolute atomic E-state index is 4.21. The average Bonchev–Trinajstić information content (AvgIpc) is 2.74. The molecule has 1 heterocycles. The van der Waals surface area contributed by atoms with Gasteiger partial charge >= 0.3 is 0 Å². The van der Waals surface area contributed by atoms with Crippen LogP contribution in [0.25, 0.3) is 0 Å². The third-order valence-corrected chi connectivity index (χ3v) is 4.74. The van der Waals surface area contributed by atoms with Crippen molar-refractivity contribution in [2.75, 3.05) is 5.75 Å².